The molecular weight excluding hydrogens is 380 g/mol. The monoisotopic (exact) mass is 420 g/mol. The van der Waals surface area contributed by atoms with Crippen molar-refractivity contribution in [3.8, 4) is 0 Å². The Morgan fingerprint density at radius 3 is 2.33 bits per heavy atom. The highest BCUT2D eigenvalue weighted by Crippen LogP contribution is 2.35. The van der Waals surface area contributed by atoms with E-state index in [-0.39, 0.29) is 34.7 Å². The van der Waals surface area contributed by atoms with Crippen molar-refractivity contribution >= 4 is 5.78 Å². The standard InChI is InChI=1S/C25H40O5/c1-17(13-10-16-25(4,5)30-8)11-9-12-18(2)14-15-20-19(3)21(26)23(28-6)24(29-7)22(20)27/h10-11,14,16,19-20,22,27H,9,12-13,15H2,1-8H3/b16-10+,17-11+,18-14+/t19-,20-,22-/m1/s1. The summed E-state index contributed by atoms with van der Waals surface area (Å²) in [6.07, 6.45) is 11.2. The lowest BCUT2D eigenvalue weighted by atomic mass is 9.77. The third-order valence-electron chi connectivity index (χ3n) is 5.86. The highest BCUT2D eigenvalue weighted by Gasteiger charge is 2.42. The number of Topliss-reactive ketones (excluding diaryl/α,β-unsaturated/α-hetero) is 1. The smallest absolute Gasteiger partial charge is 0.204 e. The zero-order valence-electron chi connectivity index (χ0n) is 20.0. The molecule has 0 aromatic heterocycles. The quantitative estimate of drug-likeness (QED) is 0.470. The summed E-state index contributed by atoms with van der Waals surface area (Å²) < 4.78 is 15.8. The molecule has 0 saturated carbocycles. The van der Waals surface area contributed by atoms with Crippen LogP contribution in [0.15, 0.2) is 47.0 Å². The summed E-state index contributed by atoms with van der Waals surface area (Å²) in [5, 5.41) is 10.7. The molecule has 0 fully saturated rings. The Bertz CT molecular complexity index is 696. The van der Waals surface area contributed by atoms with Crippen LogP contribution in [0.2, 0.25) is 0 Å². The van der Waals surface area contributed by atoms with Crippen LogP contribution in [0.25, 0.3) is 0 Å². The van der Waals surface area contributed by atoms with Crippen molar-refractivity contribution in [2.75, 3.05) is 21.3 Å². The summed E-state index contributed by atoms with van der Waals surface area (Å²) >= 11 is 0. The van der Waals surface area contributed by atoms with Crippen molar-refractivity contribution in [3.63, 3.8) is 0 Å². The van der Waals surface area contributed by atoms with Crippen LogP contribution < -0.4 is 0 Å². The number of carbonyl (C=O) groups excluding carboxylic acids is 1. The number of ketones is 1. The molecule has 1 rings (SSSR count). The Balaban J connectivity index is 2.63. The van der Waals surface area contributed by atoms with E-state index in [1.807, 2.05) is 20.8 Å². The van der Waals surface area contributed by atoms with Crippen LogP contribution in [0.4, 0.5) is 0 Å². The second kappa shape index (κ2) is 12.1. The Morgan fingerprint density at radius 2 is 1.77 bits per heavy atom. The number of allylic oxidation sites excluding steroid dienone is 6. The van der Waals surface area contributed by atoms with Gasteiger partial charge < -0.3 is 19.3 Å². The molecule has 0 aromatic carbocycles. The summed E-state index contributed by atoms with van der Waals surface area (Å²) in [6, 6.07) is 0. The molecule has 0 saturated heterocycles. The highest BCUT2D eigenvalue weighted by atomic mass is 16.5. The fraction of sp³-hybridized carbons (Fsp3) is 0.640. The van der Waals surface area contributed by atoms with Crippen molar-refractivity contribution in [2.45, 2.75) is 72.0 Å². The Morgan fingerprint density at radius 1 is 1.10 bits per heavy atom. The zero-order valence-corrected chi connectivity index (χ0v) is 20.0. The second-order valence-corrected chi connectivity index (χ2v) is 8.65. The van der Waals surface area contributed by atoms with Crippen LogP contribution in [0.1, 0.15) is 60.3 Å². The topological polar surface area (TPSA) is 65.0 Å². The average molecular weight is 421 g/mol. The molecule has 30 heavy (non-hydrogen) atoms. The first-order valence-electron chi connectivity index (χ1n) is 10.7. The molecular formula is C25H40O5. The lowest BCUT2D eigenvalue weighted by Crippen LogP contribution is -2.40. The Kier molecular flexibility index (Phi) is 10.6. The molecule has 0 heterocycles. The van der Waals surface area contributed by atoms with E-state index in [0.717, 1.165) is 19.3 Å². The van der Waals surface area contributed by atoms with E-state index >= 15 is 0 Å². The van der Waals surface area contributed by atoms with Gasteiger partial charge in [-0.05, 0) is 53.4 Å². The molecule has 3 atom stereocenters. The van der Waals surface area contributed by atoms with Crippen LogP contribution in [0.3, 0.4) is 0 Å². The van der Waals surface area contributed by atoms with Gasteiger partial charge >= 0.3 is 0 Å². The molecule has 1 aliphatic rings. The van der Waals surface area contributed by atoms with Gasteiger partial charge in [0.2, 0.25) is 11.5 Å². The van der Waals surface area contributed by atoms with E-state index in [4.69, 9.17) is 14.2 Å². The number of carbonyl (C=O) groups is 1. The van der Waals surface area contributed by atoms with Gasteiger partial charge in [-0.2, -0.15) is 0 Å². The maximum atomic E-state index is 12.5. The normalized spacial score (nSPS) is 24.0. The number of methoxy groups -OCH3 is 3. The van der Waals surface area contributed by atoms with Crippen molar-refractivity contribution in [1.82, 2.24) is 0 Å². The fourth-order valence-electron chi connectivity index (χ4n) is 3.54. The number of aliphatic hydroxyl groups excluding tert-OH is 1. The zero-order chi connectivity index (χ0) is 22.9. The molecule has 0 aromatic rings. The van der Waals surface area contributed by atoms with Gasteiger partial charge in [0.1, 0.15) is 6.10 Å². The third-order valence-corrected chi connectivity index (χ3v) is 5.86. The first-order chi connectivity index (χ1) is 14.1. The summed E-state index contributed by atoms with van der Waals surface area (Å²) in [5.41, 5.74) is 2.35. The van der Waals surface area contributed by atoms with E-state index in [0.29, 0.717) is 6.42 Å². The predicted molar refractivity (Wildman–Crippen MR) is 121 cm³/mol. The maximum absolute atomic E-state index is 12.5. The lowest BCUT2D eigenvalue weighted by molar-refractivity contribution is -0.128. The Hall–Kier alpha value is -1.85. The van der Waals surface area contributed by atoms with Gasteiger partial charge in [0.25, 0.3) is 0 Å². The molecule has 0 spiro atoms. The third kappa shape index (κ3) is 7.44. The molecule has 5 heteroatoms. The molecule has 0 radical (unpaired) electrons. The van der Waals surface area contributed by atoms with Gasteiger partial charge in [-0.1, -0.05) is 42.4 Å². The highest BCUT2D eigenvalue weighted by molar-refractivity contribution is 5.97. The molecule has 5 nitrogen and oxygen atoms in total. The van der Waals surface area contributed by atoms with Gasteiger partial charge in [0, 0.05) is 18.9 Å². The minimum atomic E-state index is -0.841. The van der Waals surface area contributed by atoms with E-state index < -0.39 is 6.10 Å². The van der Waals surface area contributed by atoms with Crippen LogP contribution in [-0.2, 0) is 19.0 Å². The Labute approximate surface area is 182 Å². The van der Waals surface area contributed by atoms with Crippen molar-refractivity contribution in [2.24, 2.45) is 11.8 Å². The van der Waals surface area contributed by atoms with E-state index in [1.165, 1.54) is 25.4 Å². The number of ether oxygens (including phenoxy) is 3. The van der Waals surface area contributed by atoms with Crippen molar-refractivity contribution < 1.29 is 24.1 Å². The molecule has 1 aliphatic carbocycles. The van der Waals surface area contributed by atoms with Crippen molar-refractivity contribution in [1.29, 1.82) is 0 Å². The average Bonchev–Trinajstić information content (AvgIpc) is 2.70. The molecule has 0 aliphatic heterocycles. The van der Waals surface area contributed by atoms with E-state index in [2.05, 4.69) is 38.2 Å². The van der Waals surface area contributed by atoms with Crippen LogP contribution in [0.5, 0.6) is 0 Å². The molecule has 1 N–H and O–H groups in total. The van der Waals surface area contributed by atoms with Gasteiger partial charge in [-0.15, -0.1) is 0 Å². The largest absolute Gasteiger partial charge is 0.494 e. The van der Waals surface area contributed by atoms with Crippen molar-refractivity contribution in [3.05, 3.63) is 47.0 Å². The SMILES string of the molecule is COC1=C(OC)[C@H](O)[C@H](C/C=C(\C)CC/C=C(\C)C/C=C/C(C)(C)OC)[C@@H](C)C1=O. The minimum Gasteiger partial charge on any atom is -0.494 e. The minimum absolute atomic E-state index is 0.112. The molecule has 0 bridgehead atoms. The lowest BCUT2D eigenvalue weighted by Gasteiger charge is -2.33. The van der Waals surface area contributed by atoms with Gasteiger partial charge in [-0.25, -0.2) is 0 Å². The molecule has 170 valence electrons. The number of aliphatic hydroxyl groups is 1. The summed E-state index contributed by atoms with van der Waals surface area (Å²) in [6.45, 7) is 10.2. The fourth-order valence-corrected chi connectivity index (χ4v) is 3.54. The number of rotatable bonds is 11. The number of hydrogen-bond acceptors (Lipinski definition) is 5. The molecule has 0 amide bonds. The summed E-state index contributed by atoms with van der Waals surface area (Å²) in [5.74, 6) is -0.270. The van der Waals surface area contributed by atoms with Crippen LogP contribution in [0, 0.1) is 11.8 Å². The van der Waals surface area contributed by atoms with Gasteiger partial charge in [-0.3, -0.25) is 4.79 Å². The predicted octanol–water partition coefficient (Wildman–Crippen LogP) is 5.12. The van der Waals surface area contributed by atoms with E-state index in [9.17, 15) is 9.90 Å². The van der Waals surface area contributed by atoms with E-state index in [1.54, 1.807) is 7.11 Å². The van der Waals surface area contributed by atoms with Gasteiger partial charge in [0.05, 0.1) is 19.8 Å². The molecule has 0 unspecified atom stereocenters. The van der Waals surface area contributed by atoms with Crippen LogP contribution >= 0.6 is 0 Å². The first-order valence-corrected chi connectivity index (χ1v) is 10.7. The van der Waals surface area contributed by atoms with Crippen LogP contribution in [-0.4, -0.2) is 43.9 Å². The second-order valence-electron chi connectivity index (χ2n) is 8.65. The first kappa shape index (κ1) is 26.2. The number of hydrogen-bond donors (Lipinski definition) is 1. The summed E-state index contributed by atoms with van der Waals surface area (Å²) in [4.78, 5) is 12.5. The maximum Gasteiger partial charge on any atom is 0.204 e. The summed E-state index contributed by atoms with van der Waals surface area (Å²) in [7, 11) is 4.60. The van der Waals surface area contributed by atoms with Gasteiger partial charge in [0.15, 0.2) is 5.76 Å².